The van der Waals surface area contributed by atoms with Crippen LogP contribution in [-0.4, -0.2) is 47.8 Å². The zero-order chi connectivity index (χ0) is 19.7. The van der Waals surface area contributed by atoms with E-state index in [1.54, 1.807) is 24.1 Å². The molecule has 0 spiro atoms. The maximum absolute atomic E-state index is 13.3. The van der Waals surface area contributed by atoms with Crippen LogP contribution in [0.4, 0.5) is 5.69 Å². The van der Waals surface area contributed by atoms with Crippen LogP contribution in [0.1, 0.15) is 21.6 Å². The van der Waals surface area contributed by atoms with Gasteiger partial charge in [0.15, 0.2) is 5.69 Å². The number of hydrogen-bond donors (Lipinski definition) is 0. The number of para-hydroxylation sites is 1. The molecule has 2 aromatic carbocycles. The van der Waals surface area contributed by atoms with E-state index in [2.05, 4.69) is 23.1 Å². The van der Waals surface area contributed by atoms with Gasteiger partial charge in [-0.05, 0) is 49.4 Å². The van der Waals surface area contributed by atoms with Gasteiger partial charge in [0.05, 0.1) is 7.11 Å². The first kappa shape index (κ1) is 18.3. The number of benzene rings is 2. The van der Waals surface area contributed by atoms with Gasteiger partial charge in [-0.3, -0.25) is 4.79 Å². The van der Waals surface area contributed by atoms with Crippen LogP contribution >= 0.6 is 0 Å². The number of carbonyl (C=O) groups excluding carboxylic acids is 1. The van der Waals surface area contributed by atoms with Gasteiger partial charge in [0.1, 0.15) is 11.4 Å². The summed E-state index contributed by atoms with van der Waals surface area (Å²) in [7, 11) is 3.71. The Balaban J connectivity index is 1.68. The molecule has 0 fully saturated rings. The molecule has 0 radical (unpaired) electrons. The van der Waals surface area contributed by atoms with Crippen molar-refractivity contribution in [2.24, 2.45) is 0 Å². The lowest BCUT2D eigenvalue weighted by Crippen LogP contribution is -2.35. The summed E-state index contributed by atoms with van der Waals surface area (Å²) in [5.41, 5.74) is 4.44. The number of rotatable bonds is 3. The molecule has 1 aromatic heterocycles. The highest BCUT2D eigenvalue weighted by molar-refractivity contribution is 6.05. The molecular weight excluding hydrogens is 352 g/mol. The number of anilines is 1. The first-order valence-electron chi connectivity index (χ1n) is 9.36. The van der Waals surface area contributed by atoms with E-state index in [1.165, 1.54) is 0 Å². The van der Waals surface area contributed by atoms with E-state index < -0.39 is 0 Å². The number of hydrogen-bond acceptors (Lipinski definition) is 4. The second-order valence-electron chi connectivity index (χ2n) is 7.14. The monoisotopic (exact) mass is 376 g/mol. The summed E-state index contributed by atoms with van der Waals surface area (Å²) in [5, 5.41) is 4.56. The van der Waals surface area contributed by atoms with Crippen LogP contribution in [0.25, 0.3) is 5.69 Å². The Labute approximate surface area is 164 Å². The highest BCUT2D eigenvalue weighted by Crippen LogP contribution is 2.27. The van der Waals surface area contributed by atoms with E-state index in [1.807, 2.05) is 48.2 Å². The van der Waals surface area contributed by atoms with Crippen LogP contribution in [-0.2, 0) is 6.54 Å². The Hall–Kier alpha value is -3.12. The number of aromatic nitrogens is 2. The SMILES string of the molecule is COc1ccc(C)cc1-n1ccc(C(=O)N2CCN(C)Cc3ccccc32)n1. The number of methoxy groups -OCH3 is 1. The summed E-state index contributed by atoms with van der Waals surface area (Å²) < 4.78 is 7.16. The van der Waals surface area contributed by atoms with E-state index in [0.29, 0.717) is 12.2 Å². The standard InChI is InChI=1S/C22H24N4O2/c1-16-8-9-21(28-3)20(14-16)26-11-10-18(23-26)22(27)25-13-12-24(2)15-17-6-4-5-7-19(17)25/h4-11,14H,12-13,15H2,1-3H3. The van der Waals surface area contributed by atoms with Crippen molar-refractivity contribution in [2.75, 3.05) is 32.1 Å². The molecule has 4 rings (SSSR count). The minimum absolute atomic E-state index is 0.0897. The molecule has 6 heteroatoms. The van der Waals surface area contributed by atoms with Crippen molar-refractivity contribution in [1.82, 2.24) is 14.7 Å². The molecule has 0 aliphatic carbocycles. The quantitative estimate of drug-likeness (QED) is 0.704. The Kier molecular flexibility index (Phi) is 4.88. The molecule has 0 bridgehead atoms. The second kappa shape index (κ2) is 7.48. The maximum atomic E-state index is 13.3. The average Bonchev–Trinajstić information content (AvgIpc) is 3.12. The fourth-order valence-corrected chi connectivity index (χ4v) is 3.57. The van der Waals surface area contributed by atoms with Gasteiger partial charge < -0.3 is 14.5 Å². The predicted molar refractivity (Wildman–Crippen MR) is 109 cm³/mol. The number of likely N-dealkylation sites (N-methyl/N-ethyl adjacent to an activating group) is 1. The number of amides is 1. The molecule has 0 unspecified atom stereocenters. The lowest BCUT2D eigenvalue weighted by molar-refractivity contribution is 0.0980. The summed E-state index contributed by atoms with van der Waals surface area (Å²) >= 11 is 0. The summed E-state index contributed by atoms with van der Waals surface area (Å²) in [5.74, 6) is 0.627. The third-order valence-electron chi connectivity index (χ3n) is 5.06. The van der Waals surface area contributed by atoms with E-state index in [0.717, 1.165) is 41.3 Å². The normalized spacial score (nSPS) is 14.5. The van der Waals surface area contributed by atoms with Gasteiger partial charge in [-0.1, -0.05) is 24.3 Å². The first-order chi connectivity index (χ1) is 13.6. The van der Waals surface area contributed by atoms with Crippen LogP contribution in [0, 0.1) is 6.92 Å². The van der Waals surface area contributed by atoms with Crippen molar-refractivity contribution in [3.05, 3.63) is 71.5 Å². The molecule has 1 amide bonds. The predicted octanol–water partition coefficient (Wildman–Crippen LogP) is 3.28. The van der Waals surface area contributed by atoms with Crippen LogP contribution in [0.2, 0.25) is 0 Å². The molecule has 6 nitrogen and oxygen atoms in total. The number of nitrogens with zero attached hydrogens (tertiary/aromatic N) is 4. The van der Waals surface area contributed by atoms with Crippen molar-refractivity contribution in [3.8, 4) is 11.4 Å². The fourth-order valence-electron chi connectivity index (χ4n) is 3.57. The number of carbonyl (C=O) groups is 1. The smallest absolute Gasteiger partial charge is 0.278 e. The van der Waals surface area contributed by atoms with Crippen molar-refractivity contribution in [1.29, 1.82) is 0 Å². The lowest BCUT2D eigenvalue weighted by atomic mass is 10.1. The van der Waals surface area contributed by atoms with Gasteiger partial charge >= 0.3 is 0 Å². The van der Waals surface area contributed by atoms with Gasteiger partial charge in [-0.25, -0.2) is 4.68 Å². The molecule has 0 saturated carbocycles. The van der Waals surface area contributed by atoms with Gasteiger partial charge in [-0.2, -0.15) is 5.10 Å². The summed E-state index contributed by atoms with van der Waals surface area (Å²) in [6, 6.07) is 15.7. The molecule has 2 heterocycles. The fraction of sp³-hybridized carbons (Fsp3) is 0.273. The van der Waals surface area contributed by atoms with Gasteiger partial charge in [-0.15, -0.1) is 0 Å². The second-order valence-corrected chi connectivity index (χ2v) is 7.14. The number of ether oxygens (including phenoxy) is 1. The Morgan fingerprint density at radius 1 is 1.07 bits per heavy atom. The van der Waals surface area contributed by atoms with Gasteiger partial charge in [0, 0.05) is 31.5 Å². The Morgan fingerprint density at radius 2 is 1.89 bits per heavy atom. The Morgan fingerprint density at radius 3 is 2.71 bits per heavy atom. The third-order valence-corrected chi connectivity index (χ3v) is 5.06. The molecule has 0 saturated heterocycles. The zero-order valence-corrected chi connectivity index (χ0v) is 16.4. The summed E-state index contributed by atoms with van der Waals surface area (Å²) in [6.07, 6.45) is 1.81. The molecule has 0 atom stereocenters. The largest absolute Gasteiger partial charge is 0.494 e. The molecule has 0 N–H and O–H groups in total. The van der Waals surface area contributed by atoms with E-state index >= 15 is 0 Å². The Bertz CT molecular complexity index is 1010. The summed E-state index contributed by atoms with van der Waals surface area (Å²) in [4.78, 5) is 17.3. The van der Waals surface area contributed by atoms with Crippen molar-refractivity contribution < 1.29 is 9.53 Å². The van der Waals surface area contributed by atoms with Gasteiger partial charge in [0.25, 0.3) is 5.91 Å². The first-order valence-corrected chi connectivity index (χ1v) is 9.36. The van der Waals surface area contributed by atoms with E-state index in [-0.39, 0.29) is 5.91 Å². The highest BCUT2D eigenvalue weighted by atomic mass is 16.5. The third kappa shape index (κ3) is 3.39. The average molecular weight is 376 g/mol. The highest BCUT2D eigenvalue weighted by Gasteiger charge is 2.25. The molecule has 3 aromatic rings. The van der Waals surface area contributed by atoms with E-state index in [9.17, 15) is 4.79 Å². The number of aryl methyl sites for hydroxylation is 1. The topological polar surface area (TPSA) is 50.6 Å². The van der Waals surface area contributed by atoms with Crippen molar-refractivity contribution >= 4 is 11.6 Å². The molecular formula is C22H24N4O2. The summed E-state index contributed by atoms with van der Waals surface area (Å²) in [6.45, 7) is 4.29. The molecule has 1 aliphatic heterocycles. The minimum atomic E-state index is -0.0897. The van der Waals surface area contributed by atoms with Crippen molar-refractivity contribution in [2.45, 2.75) is 13.5 Å². The molecule has 1 aliphatic rings. The van der Waals surface area contributed by atoms with Crippen molar-refractivity contribution in [3.63, 3.8) is 0 Å². The lowest BCUT2D eigenvalue weighted by Gasteiger charge is -2.21. The van der Waals surface area contributed by atoms with Gasteiger partial charge in [0.2, 0.25) is 0 Å². The minimum Gasteiger partial charge on any atom is -0.494 e. The zero-order valence-electron chi connectivity index (χ0n) is 16.4. The maximum Gasteiger partial charge on any atom is 0.278 e. The molecule has 28 heavy (non-hydrogen) atoms. The van der Waals surface area contributed by atoms with Crippen LogP contribution in [0.15, 0.2) is 54.7 Å². The van der Waals surface area contributed by atoms with Crippen LogP contribution < -0.4 is 9.64 Å². The van der Waals surface area contributed by atoms with E-state index in [4.69, 9.17) is 4.74 Å². The van der Waals surface area contributed by atoms with Crippen LogP contribution in [0.5, 0.6) is 5.75 Å². The number of fused-ring (bicyclic) bond motifs is 1. The molecule has 144 valence electrons. The van der Waals surface area contributed by atoms with Crippen LogP contribution in [0.3, 0.4) is 0 Å².